The molecule has 0 saturated heterocycles. The van der Waals surface area contributed by atoms with Crippen LogP contribution in [0, 0.1) is 12.7 Å². The summed E-state index contributed by atoms with van der Waals surface area (Å²) in [5.41, 5.74) is 7.03. The van der Waals surface area contributed by atoms with E-state index in [4.69, 9.17) is 5.73 Å². The molecule has 2 rings (SSSR count). The summed E-state index contributed by atoms with van der Waals surface area (Å²) in [6, 6.07) is 10.3. The Morgan fingerprint density at radius 3 is 2.60 bits per heavy atom. The fraction of sp³-hybridized carbons (Fsp3) is 0.143. The number of rotatable bonds is 4. The molecule has 2 aromatic carbocycles. The summed E-state index contributed by atoms with van der Waals surface area (Å²) >= 11 is 0. The molecule has 0 unspecified atom stereocenters. The second kappa shape index (κ2) is 5.60. The van der Waals surface area contributed by atoms with Crippen LogP contribution >= 0.6 is 0 Å². The predicted octanol–water partition coefficient (Wildman–Crippen LogP) is 2.39. The Balaban J connectivity index is 2.35. The average Bonchev–Trinajstić information content (AvgIpc) is 2.37. The van der Waals surface area contributed by atoms with Gasteiger partial charge in [-0.2, -0.15) is 0 Å². The molecule has 0 aliphatic carbocycles. The van der Waals surface area contributed by atoms with Crippen LogP contribution in [0.15, 0.2) is 47.4 Å². The van der Waals surface area contributed by atoms with Gasteiger partial charge < -0.3 is 5.73 Å². The van der Waals surface area contributed by atoms with Crippen molar-refractivity contribution in [3.63, 3.8) is 0 Å². The first-order valence-electron chi connectivity index (χ1n) is 6.00. The molecule has 106 valence electrons. The van der Waals surface area contributed by atoms with Gasteiger partial charge in [-0.25, -0.2) is 12.8 Å². The monoisotopic (exact) mass is 294 g/mol. The summed E-state index contributed by atoms with van der Waals surface area (Å²) in [7, 11) is -3.75. The van der Waals surface area contributed by atoms with Gasteiger partial charge in [-0.3, -0.25) is 4.72 Å². The van der Waals surface area contributed by atoms with Crippen molar-refractivity contribution in [2.24, 2.45) is 5.73 Å². The van der Waals surface area contributed by atoms with E-state index in [1.807, 2.05) is 0 Å². The van der Waals surface area contributed by atoms with Crippen LogP contribution in [0.2, 0.25) is 0 Å². The van der Waals surface area contributed by atoms with Crippen molar-refractivity contribution in [1.29, 1.82) is 0 Å². The molecule has 0 fully saturated rings. The quantitative estimate of drug-likeness (QED) is 0.909. The van der Waals surface area contributed by atoms with Crippen molar-refractivity contribution in [2.75, 3.05) is 4.72 Å². The fourth-order valence-electron chi connectivity index (χ4n) is 1.85. The average molecular weight is 294 g/mol. The molecule has 0 amide bonds. The molecule has 2 aromatic rings. The number of sulfonamides is 1. The number of benzene rings is 2. The molecule has 0 aromatic heterocycles. The molecule has 0 aliphatic rings. The highest BCUT2D eigenvalue weighted by atomic mass is 32.2. The first-order chi connectivity index (χ1) is 9.40. The summed E-state index contributed by atoms with van der Waals surface area (Å²) in [4.78, 5) is 0.0994. The maximum atomic E-state index is 13.3. The standard InChI is InChI=1S/C14H15FN2O2S/c1-10-5-12(15)8-13(6-10)17-20(18,19)14-4-2-3-11(7-14)9-16/h2-8,17H,9,16H2,1H3. The van der Waals surface area contributed by atoms with E-state index in [1.165, 1.54) is 18.2 Å². The molecule has 20 heavy (non-hydrogen) atoms. The third-order valence-electron chi connectivity index (χ3n) is 2.74. The normalized spacial score (nSPS) is 11.3. The Labute approximate surface area is 117 Å². The van der Waals surface area contributed by atoms with Crippen LogP contribution in [-0.4, -0.2) is 8.42 Å². The van der Waals surface area contributed by atoms with Crippen molar-refractivity contribution < 1.29 is 12.8 Å². The maximum absolute atomic E-state index is 13.3. The summed E-state index contributed by atoms with van der Waals surface area (Å²) in [6.45, 7) is 1.94. The second-order valence-corrected chi connectivity index (χ2v) is 6.16. The number of aryl methyl sites for hydroxylation is 1. The van der Waals surface area contributed by atoms with E-state index in [2.05, 4.69) is 4.72 Å². The lowest BCUT2D eigenvalue weighted by atomic mass is 10.2. The van der Waals surface area contributed by atoms with E-state index >= 15 is 0 Å². The minimum Gasteiger partial charge on any atom is -0.326 e. The first-order valence-corrected chi connectivity index (χ1v) is 7.48. The number of halogens is 1. The van der Waals surface area contributed by atoms with E-state index in [1.54, 1.807) is 25.1 Å². The van der Waals surface area contributed by atoms with Crippen LogP contribution in [0.1, 0.15) is 11.1 Å². The van der Waals surface area contributed by atoms with E-state index in [-0.39, 0.29) is 17.1 Å². The lowest BCUT2D eigenvalue weighted by Crippen LogP contribution is -2.13. The zero-order valence-electron chi connectivity index (χ0n) is 10.9. The molecular formula is C14H15FN2O2S. The van der Waals surface area contributed by atoms with Gasteiger partial charge in [0.2, 0.25) is 0 Å². The topological polar surface area (TPSA) is 72.2 Å². The van der Waals surface area contributed by atoms with Crippen LogP contribution < -0.4 is 10.5 Å². The van der Waals surface area contributed by atoms with Gasteiger partial charge in [-0.05, 0) is 48.4 Å². The fourth-order valence-corrected chi connectivity index (χ4v) is 2.96. The van der Waals surface area contributed by atoms with Crippen molar-refractivity contribution >= 4 is 15.7 Å². The van der Waals surface area contributed by atoms with E-state index in [9.17, 15) is 12.8 Å². The minimum absolute atomic E-state index is 0.0994. The molecular weight excluding hydrogens is 279 g/mol. The highest BCUT2D eigenvalue weighted by molar-refractivity contribution is 7.92. The third kappa shape index (κ3) is 3.34. The van der Waals surface area contributed by atoms with Gasteiger partial charge in [0.1, 0.15) is 5.82 Å². The number of anilines is 1. The van der Waals surface area contributed by atoms with E-state index < -0.39 is 15.8 Å². The van der Waals surface area contributed by atoms with Crippen molar-refractivity contribution in [3.05, 3.63) is 59.4 Å². The third-order valence-corrected chi connectivity index (χ3v) is 4.12. The Morgan fingerprint density at radius 1 is 1.20 bits per heavy atom. The SMILES string of the molecule is Cc1cc(F)cc(NS(=O)(=O)c2cccc(CN)c2)c1. The Hall–Kier alpha value is -1.92. The maximum Gasteiger partial charge on any atom is 0.261 e. The van der Waals surface area contributed by atoms with Crippen LogP contribution in [0.4, 0.5) is 10.1 Å². The van der Waals surface area contributed by atoms with Gasteiger partial charge in [0.25, 0.3) is 10.0 Å². The molecule has 0 aliphatic heterocycles. The molecule has 3 N–H and O–H groups in total. The van der Waals surface area contributed by atoms with Crippen LogP contribution in [0.25, 0.3) is 0 Å². The number of hydrogen-bond donors (Lipinski definition) is 2. The van der Waals surface area contributed by atoms with Gasteiger partial charge in [0, 0.05) is 6.54 Å². The summed E-state index contributed by atoms with van der Waals surface area (Å²) < 4.78 is 40.1. The summed E-state index contributed by atoms with van der Waals surface area (Å²) in [6.07, 6.45) is 0. The molecule has 0 bridgehead atoms. The second-order valence-electron chi connectivity index (χ2n) is 4.47. The lowest BCUT2D eigenvalue weighted by molar-refractivity contribution is 0.601. The Kier molecular flexibility index (Phi) is 4.06. The zero-order valence-corrected chi connectivity index (χ0v) is 11.7. The number of nitrogens with two attached hydrogens (primary N) is 1. The number of nitrogens with one attached hydrogen (secondary N) is 1. The molecule has 6 heteroatoms. The van der Waals surface area contributed by atoms with Crippen molar-refractivity contribution in [1.82, 2.24) is 0 Å². The van der Waals surface area contributed by atoms with Gasteiger partial charge in [0.15, 0.2) is 0 Å². The molecule has 0 heterocycles. The van der Waals surface area contributed by atoms with E-state index in [0.717, 1.165) is 6.07 Å². The summed E-state index contributed by atoms with van der Waals surface area (Å²) in [5.74, 6) is -0.488. The van der Waals surface area contributed by atoms with Crippen molar-refractivity contribution in [3.8, 4) is 0 Å². The Bertz CT molecular complexity index is 709. The van der Waals surface area contributed by atoms with E-state index in [0.29, 0.717) is 11.1 Å². The molecule has 4 nitrogen and oxygen atoms in total. The highest BCUT2D eigenvalue weighted by Crippen LogP contribution is 2.19. The van der Waals surface area contributed by atoms with Crippen LogP contribution in [-0.2, 0) is 16.6 Å². The molecule has 0 radical (unpaired) electrons. The Morgan fingerprint density at radius 2 is 1.95 bits per heavy atom. The van der Waals surface area contributed by atoms with Crippen molar-refractivity contribution in [2.45, 2.75) is 18.4 Å². The highest BCUT2D eigenvalue weighted by Gasteiger charge is 2.15. The smallest absolute Gasteiger partial charge is 0.261 e. The van der Waals surface area contributed by atoms with Crippen LogP contribution in [0.5, 0.6) is 0 Å². The zero-order chi connectivity index (χ0) is 14.8. The predicted molar refractivity (Wildman–Crippen MR) is 76.3 cm³/mol. The minimum atomic E-state index is -3.75. The number of hydrogen-bond acceptors (Lipinski definition) is 3. The first kappa shape index (κ1) is 14.5. The summed E-state index contributed by atoms with van der Waals surface area (Å²) in [5, 5.41) is 0. The largest absolute Gasteiger partial charge is 0.326 e. The van der Waals surface area contributed by atoms with Gasteiger partial charge >= 0.3 is 0 Å². The van der Waals surface area contributed by atoms with Gasteiger partial charge in [-0.1, -0.05) is 12.1 Å². The van der Waals surface area contributed by atoms with Gasteiger partial charge in [-0.15, -0.1) is 0 Å². The van der Waals surface area contributed by atoms with Gasteiger partial charge in [0.05, 0.1) is 10.6 Å². The lowest BCUT2D eigenvalue weighted by Gasteiger charge is -2.10. The molecule has 0 atom stereocenters. The molecule has 0 spiro atoms. The van der Waals surface area contributed by atoms with Crippen LogP contribution in [0.3, 0.4) is 0 Å². The molecule has 0 saturated carbocycles.